The molecule has 1 aromatic carbocycles. The highest BCUT2D eigenvalue weighted by molar-refractivity contribution is 7.98. The fourth-order valence-corrected chi connectivity index (χ4v) is 3.55. The van der Waals surface area contributed by atoms with Crippen LogP contribution in [0.1, 0.15) is 10.4 Å². The lowest BCUT2D eigenvalue weighted by molar-refractivity contribution is -0.380. The predicted molar refractivity (Wildman–Crippen MR) is 94.2 cm³/mol. The number of hydrogen-bond donors (Lipinski definition) is 1. The molecule has 24 heavy (non-hydrogen) atoms. The molecule has 8 nitrogen and oxygen atoms in total. The molecule has 124 valence electrons. The summed E-state index contributed by atoms with van der Waals surface area (Å²) in [6.45, 7) is 0. The van der Waals surface area contributed by atoms with Crippen molar-refractivity contribution in [1.82, 2.24) is 14.5 Å². The number of anilines is 1. The second kappa shape index (κ2) is 6.38. The van der Waals surface area contributed by atoms with Crippen molar-refractivity contribution in [3.63, 3.8) is 0 Å². The molecule has 0 aliphatic heterocycles. The maximum absolute atomic E-state index is 12.4. The Bertz CT molecular complexity index is 968. The van der Waals surface area contributed by atoms with E-state index >= 15 is 0 Å². The van der Waals surface area contributed by atoms with Crippen molar-refractivity contribution < 1.29 is 9.72 Å². The lowest BCUT2D eigenvalue weighted by Crippen LogP contribution is -2.12. The molecule has 0 aliphatic carbocycles. The van der Waals surface area contributed by atoms with E-state index in [1.807, 2.05) is 17.9 Å². The first-order valence-corrected chi connectivity index (χ1v) is 8.94. The normalized spacial score (nSPS) is 11.0. The number of thioether (sulfide) groups is 1. The van der Waals surface area contributed by atoms with Crippen molar-refractivity contribution in [2.45, 2.75) is 5.16 Å². The first-order chi connectivity index (χ1) is 11.4. The number of carbonyl (C=O) groups is 1. The third-order valence-electron chi connectivity index (χ3n) is 3.25. The number of benzene rings is 1. The van der Waals surface area contributed by atoms with Gasteiger partial charge in [0.15, 0.2) is 10.3 Å². The average Bonchev–Trinajstić information content (AvgIpc) is 3.12. The van der Waals surface area contributed by atoms with Crippen LogP contribution in [0.3, 0.4) is 0 Å². The standard InChI is InChI=1S/C13H10ClN5O3S2/c1-18-9-4-7(14)6(3-8(9)16-13(18)23-2)11(20)17-12-15-5-10(24-12)19(21)22/h3-5H,1-2H3,(H,15,17,20). The highest BCUT2D eigenvalue weighted by atomic mass is 35.5. The maximum Gasteiger partial charge on any atom is 0.345 e. The number of nitro groups is 1. The first kappa shape index (κ1) is 16.7. The molecule has 0 saturated heterocycles. The van der Waals surface area contributed by atoms with Crippen molar-refractivity contribution in [2.24, 2.45) is 7.05 Å². The zero-order chi connectivity index (χ0) is 17.4. The fourth-order valence-electron chi connectivity index (χ4n) is 2.12. The summed E-state index contributed by atoms with van der Waals surface area (Å²) >= 11 is 8.47. The van der Waals surface area contributed by atoms with Gasteiger partial charge in [0, 0.05) is 7.05 Å². The van der Waals surface area contributed by atoms with Crippen LogP contribution in [0, 0.1) is 10.1 Å². The molecule has 1 amide bonds. The summed E-state index contributed by atoms with van der Waals surface area (Å²) in [5.41, 5.74) is 1.68. The molecule has 0 radical (unpaired) electrons. The second-order valence-electron chi connectivity index (χ2n) is 4.69. The number of halogens is 1. The van der Waals surface area contributed by atoms with Crippen LogP contribution in [-0.4, -0.2) is 31.6 Å². The summed E-state index contributed by atoms with van der Waals surface area (Å²) in [5.74, 6) is -0.498. The van der Waals surface area contributed by atoms with E-state index in [2.05, 4.69) is 15.3 Å². The van der Waals surface area contributed by atoms with E-state index in [4.69, 9.17) is 11.6 Å². The van der Waals surface area contributed by atoms with Gasteiger partial charge in [-0.25, -0.2) is 9.97 Å². The van der Waals surface area contributed by atoms with Gasteiger partial charge in [-0.15, -0.1) is 0 Å². The largest absolute Gasteiger partial charge is 0.345 e. The molecule has 2 aromatic heterocycles. The van der Waals surface area contributed by atoms with Crippen molar-refractivity contribution in [2.75, 3.05) is 11.6 Å². The number of aryl methyl sites for hydroxylation is 1. The van der Waals surface area contributed by atoms with E-state index in [9.17, 15) is 14.9 Å². The molecule has 0 unspecified atom stereocenters. The summed E-state index contributed by atoms with van der Waals surface area (Å²) in [6.07, 6.45) is 3.00. The number of rotatable bonds is 4. The second-order valence-corrected chi connectivity index (χ2v) is 6.88. The van der Waals surface area contributed by atoms with E-state index < -0.39 is 10.8 Å². The number of hydrogen-bond acceptors (Lipinski definition) is 7. The van der Waals surface area contributed by atoms with Crippen LogP contribution >= 0.6 is 34.7 Å². The number of carbonyl (C=O) groups excluding carboxylic acids is 1. The molecule has 0 saturated carbocycles. The Balaban J connectivity index is 1.94. The topological polar surface area (TPSA) is 103 Å². The van der Waals surface area contributed by atoms with Gasteiger partial charge in [-0.2, -0.15) is 0 Å². The Morgan fingerprint density at radius 3 is 2.88 bits per heavy atom. The molecule has 0 atom stereocenters. The summed E-state index contributed by atoms with van der Waals surface area (Å²) < 4.78 is 1.89. The minimum atomic E-state index is -0.565. The highest BCUT2D eigenvalue weighted by Crippen LogP contribution is 2.29. The van der Waals surface area contributed by atoms with Crippen LogP contribution in [-0.2, 0) is 7.05 Å². The van der Waals surface area contributed by atoms with E-state index in [0.717, 1.165) is 28.2 Å². The van der Waals surface area contributed by atoms with Gasteiger partial charge in [-0.05, 0) is 29.7 Å². The third-order valence-corrected chi connectivity index (χ3v) is 5.16. The molecule has 2 heterocycles. The average molecular weight is 384 g/mol. The lowest BCUT2D eigenvalue weighted by atomic mass is 10.2. The third kappa shape index (κ3) is 2.95. The number of aromatic nitrogens is 3. The Labute approximate surface area is 149 Å². The summed E-state index contributed by atoms with van der Waals surface area (Å²) in [6, 6.07) is 3.26. The summed E-state index contributed by atoms with van der Waals surface area (Å²) in [7, 11) is 1.87. The van der Waals surface area contributed by atoms with Gasteiger partial charge in [0.25, 0.3) is 5.91 Å². The maximum atomic E-state index is 12.4. The molecule has 0 fully saturated rings. The van der Waals surface area contributed by atoms with E-state index in [1.165, 1.54) is 11.8 Å². The zero-order valence-corrected chi connectivity index (χ0v) is 14.8. The Hall–Kier alpha value is -2.17. The Kier molecular flexibility index (Phi) is 4.43. The number of thiazole rings is 1. The smallest absolute Gasteiger partial charge is 0.322 e. The Morgan fingerprint density at radius 1 is 1.50 bits per heavy atom. The van der Waals surface area contributed by atoms with Crippen LogP contribution < -0.4 is 5.32 Å². The number of imidazole rings is 1. The highest BCUT2D eigenvalue weighted by Gasteiger charge is 2.18. The molecular formula is C13H10ClN5O3S2. The zero-order valence-electron chi connectivity index (χ0n) is 12.4. The molecule has 1 N–H and O–H groups in total. The van der Waals surface area contributed by atoms with Crippen molar-refractivity contribution in [1.29, 1.82) is 0 Å². The van der Waals surface area contributed by atoms with Crippen LogP contribution in [0.2, 0.25) is 5.02 Å². The molecule has 3 aromatic rings. The van der Waals surface area contributed by atoms with Crippen LogP contribution in [0.5, 0.6) is 0 Å². The SMILES string of the molecule is CSc1nc2cc(C(=O)Nc3ncc([N+](=O)[O-])s3)c(Cl)cc2n1C. The van der Waals surface area contributed by atoms with Gasteiger partial charge in [0.05, 0.1) is 26.5 Å². The molecule has 0 aliphatic rings. The molecule has 0 bridgehead atoms. The minimum Gasteiger partial charge on any atom is -0.322 e. The van der Waals surface area contributed by atoms with Gasteiger partial charge >= 0.3 is 5.00 Å². The van der Waals surface area contributed by atoms with Gasteiger partial charge in [0.2, 0.25) is 0 Å². The monoisotopic (exact) mass is 383 g/mol. The van der Waals surface area contributed by atoms with Gasteiger partial charge in [0.1, 0.15) is 6.20 Å². The fraction of sp³-hybridized carbons (Fsp3) is 0.154. The molecule has 0 spiro atoms. The first-order valence-electron chi connectivity index (χ1n) is 6.52. The van der Waals surface area contributed by atoms with E-state index in [0.29, 0.717) is 5.52 Å². The lowest BCUT2D eigenvalue weighted by Gasteiger charge is -2.05. The van der Waals surface area contributed by atoms with E-state index in [1.54, 1.807) is 12.1 Å². The van der Waals surface area contributed by atoms with Crippen molar-refractivity contribution in [3.05, 3.63) is 39.0 Å². The van der Waals surface area contributed by atoms with Crippen molar-refractivity contribution >= 4 is 61.8 Å². The van der Waals surface area contributed by atoms with Gasteiger partial charge in [-0.1, -0.05) is 23.4 Å². The minimum absolute atomic E-state index is 0.133. The summed E-state index contributed by atoms with van der Waals surface area (Å²) in [4.78, 5) is 30.7. The van der Waals surface area contributed by atoms with Crippen LogP contribution in [0.4, 0.5) is 10.1 Å². The van der Waals surface area contributed by atoms with Crippen molar-refractivity contribution in [3.8, 4) is 0 Å². The van der Waals surface area contributed by atoms with Crippen LogP contribution in [0.15, 0.2) is 23.5 Å². The Morgan fingerprint density at radius 2 is 2.25 bits per heavy atom. The van der Waals surface area contributed by atoms with E-state index in [-0.39, 0.29) is 20.7 Å². The number of nitrogens with one attached hydrogen (secondary N) is 1. The number of nitrogens with zero attached hydrogens (tertiary/aromatic N) is 4. The predicted octanol–water partition coefficient (Wildman–Crippen LogP) is 3.57. The summed E-state index contributed by atoms with van der Waals surface area (Å²) in [5, 5.41) is 14.2. The number of amides is 1. The molecule has 3 rings (SSSR count). The molecular weight excluding hydrogens is 374 g/mol. The van der Waals surface area contributed by atoms with Gasteiger partial charge < -0.3 is 4.57 Å². The quantitative estimate of drug-likeness (QED) is 0.419. The van der Waals surface area contributed by atoms with Crippen LogP contribution in [0.25, 0.3) is 11.0 Å². The van der Waals surface area contributed by atoms with Gasteiger partial charge in [-0.3, -0.25) is 20.2 Å². The number of fused-ring (bicyclic) bond motifs is 1. The molecule has 11 heteroatoms.